The number of aliphatic hydroxyl groups is 2. The van der Waals surface area contributed by atoms with Gasteiger partial charge in [0, 0.05) is 5.16 Å². The zero-order valence-electron chi connectivity index (χ0n) is 12.8. The highest BCUT2D eigenvalue weighted by Crippen LogP contribution is 2.42. The highest BCUT2D eigenvalue weighted by molar-refractivity contribution is 7.39. The predicted molar refractivity (Wildman–Crippen MR) is 86.7 cm³/mol. The molecule has 1 aliphatic rings. The molecule has 0 aromatic heterocycles. The van der Waals surface area contributed by atoms with Crippen LogP contribution in [0.5, 0.6) is 0 Å². The molecule has 1 aromatic rings. The average molecular weight is 294 g/mol. The highest BCUT2D eigenvalue weighted by Gasteiger charge is 2.34. The second-order valence-corrected chi connectivity index (χ2v) is 8.81. The summed E-state index contributed by atoms with van der Waals surface area (Å²) < 4.78 is 0. The van der Waals surface area contributed by atoms with Gasteiger partial charge < -0.3 is 10.2 Å². The van der Waals surface area contributed by atoms with E-state index in [0.717, 1.165) is 14.1 Å². The van der Waals surface area contributed by atoms with Gasteiger partial charge in [-0.05, 0) is 43.0 Å². The van der Waals surface area contributed by atoms with Crippen LogP contribution in [0.25, 0.3) is 0 Å². The van der Waals surface area contributed by atoms with Crippen molar-refractivity contribution in [2.45, 2.75) is 63.3 Å². The topological polar surface area (TPSA) is 40.5 Å². The molecule has 1 atom stereocenters. The Morgan fingerprint density at radius 1 is 1.20 bits per heavy atom. The first-order valence-electron chi connectivity index (χ1n) is 7.64. The first-order valence-corrected chi connectivity index (χ1v) is 8.84. The number of aliphatic hydroxyl groups excluding tert-OH is 1. The minimum atomic E-state index is -0.741. The van der Waals surface area contributed by atoms with Crippen LogP contribution in [-0.4, -0.2) is 22.5 Å². The summed E-state index contributed by atoms with van der Waals surface area (Å²) in [6.07, 6.45) is 3.68. The molecule has 1 aliphatic carbocycles. The fourth-order valence-electron chi connectivity index (χ4n) is 3.11. The highest BCUT2D eigenvalue weighted by atomic mass is 31.1. The molecular weight excluding hydrogens is 267 g/mol. The van der Waals surface area contributed by atoms with Gasteiger partial charge in [-0.25, -0.2) is 0 Å². The molecule has 2 nitrogen and oxygen atoms in total. The van der Waals surface area contributed by atoms with Gasteiger partial charge in [-0.2, -0.15) is 0 Å². The Labute approximate surface area is 124 Å². The summed E-state index contributed by atoms with van der Waals surface area (Å²) in [5.74, 6) is 0. The molecule has 112 valence electrons. The Balaban J connectivity index is 2.16. The lowest BCUT2D eigenvalue weighted by Crippen LogP contribution is -2.33. The van der Waals surface area contributed by atoms with Crippen molar-refractivity contribution in [3.05, 3.63) is 35.4 Å². The fraction of sp³-hybridized carbons (Fsp3) is 0.647. The van der Waals surface area contributed by atoms with Crippen molar-refractivity contribution in [3.8, 4) is 0 Å². The van der Waals surface area contributed by atoms with E-state index >= 15 is 0 Å². The third-order valence-electron chi connectivity index (χ3n) is 4.54. The molecule has 0 aliphatic heterocycles. The zero-order valence-corrected chi connectivity index (χ0v) is 13.8. The Bertz CT molecular complexity index is 431. The monoisotopic (exact) mass is 294 g/mol. The van der Waals surface area contributed by atoms with E-state index in [0.29, 0.717) is 25.7 Å². The second-order valence-electron chi connectivity index (χ2n) is 6.50. The van der Waals surface area contributed by atoms with Crippen LogP contribution in [0, 0.1) is 0 Å². The van der Waals surface area contributed by atoms with Gasteiger partial charge in [-0.3, -0.25) is 0 Å². The number of rotatable bonds is 4. The molecule has 2 N–H and O–H groups in total. The maximum absolute atomic E-state index is 10.7. The van der Waals surface area contributed by atoms with E-state index in [2.05, 4.69) is 45.0 Å². The van der Waals surface area contributed by atoms with Gasteiger partial charge >= 0.3 is 0 Å². The van der Waals surface area contributed by atoms with Crippen molar-refractivity contribution in [2.24, 2.45) is 0 Å². The van der Waals surface area contributed by atoms with E-state index in [-0.39, 0.29) is 11.3 Å². The molecule has 20 heavy (non-hydrogen) atoms. The molecular formula is C17H27O2P. The molecule has 0 saturated heterocycles. The van der Waals surface area contributed by atoms with Gasteiger partial charge in [0.05, 0.1) is 11.7 Å². The third kappa shape index (κ3) is 3.42. The largest absolute Gasteiger partial charge is 0.393 e. The third-order valence-corrected chi connectivity index (χ3v) is 6.07. The van der Waals surface area contributed by atoms with Crippen LogP contribution in [0.4, 0.5) is 0 Å². The van der Waals surface area contributed by atoms with E-state index in [1.807, 2.05) is 0 Å². The normalized spacial score (nSPS) is 28.1. The summed E-state index contributed by atoms with van der Waals surface area (Å²) in [6, 6.07) is 8.49. The lowest BCUT2D eigenvalue weighted by atomic mass is 9.78. The van der Waals surface area contributed by atoms with Gasteiger partial charge in [-0.1, -0.05) is 45.0 Å². The Kier molecular flexibility index (Phi) is 4.89. The Hall–Kier alpha value is -0.430. The molecule has 0 radical (unpaired) electrons. The smallest absolute Gasteiger partial charge is 0.0898 e. The summed E-state index contributed by atoms with van der Waals surface area (Å²) in [4.78, 5) is 0. The van der Waals surface area contributed by atoms with Crippen molar-refractivity contribution < 1.29 is 10.2 Å². The molecule has 0 spiro atoms. The maximum Gasteiger partial charge on any atom is 0.0898 e. The summed E-state index contributed by atoms with van der Waals surface area (Å²) in [7, 11) is 0.915. The minimum Gasteiger partial charge on any atom is -0.393 e. The minimum absolute atomic E-state index is 0.221. The van der Waals surface area contributed by atoms with Crippen LogP contribution in [0.1, 0.15) is 57.6 Å². The van der Waals surface area contributed by atoms with E-state index in [4.69, 9.17) is 0 Å². The Morgan fingerprint density at radius 3 is 2.25 bits per heavy atom. The van der Waals surface area contributed by atoms with Crippen molar-refractivity contribution in [1.29, 1.82) is 0 Å². The van der Waals surface area contributed by atoms with Gasteiger partial charge in [-0.15, -0.1) is 8.58 Å². The van der Waals surface area contributed by atoms with E-state index in [1.165, 1.54) is 11.7 Å². The van der Waals surface area contributed by atoms with Crippen LogP contribution in [-0.2, 0) is 10.8 Å². The first-order chi connectivity index (χ1) is 9.37. The van der Waals surface area contributed by atoms with Crippen LogP contribution in [0.2, 0.25) is 0 Å². The van der Waals surface area contributed by atoms with Crippen LogP contribution in [0.15, 0.2) is 24.3 Å². The van der Waals surface area contributed by atoms with E-state index in [9.17, 15) is 10.2 Å². The number of benzene rings is 1. The standard InChI is InChI=1S/C17H27O2P/c1-4-20-16(2,3)13-5-7-14(8-6-13)17(19)11-9-15(18)10-12-17/h5-8,15,18-20H,4,9-12H2,1-3H3. The van der Waals surface area contributed by atoms with Crippen LogP contribution in [0.3, 0.4) is 0 Å². The average Bonchev–Trinajstić information content (AvgIpc) is 2.42. The van der Waals surface area contributed by atoms with Crippen LogP contribution >= 0.6 is 8.58 Å². The quantitative estimate of drug-likeness (QED) is 0.830. The molecule has 1 unspecified atom stereocenters. The maximum atomic E-state index is 10.7. The summed E-state index contributed by atoms with van der Waals surface area (Å²) in [6.45, 7) is 6.80. The number of hydrogen-bond donors (Lipinski definition) is 2. The molecule has 0 amide bonds. The number of hydrogen-bond acceptors (Lipinski definition) is 2. The Morgan fingerprint density at radius 2 is 1.75 bits per heavy atom. The molecule has 1 aromatic carbocycles. The lowest BCUT2D eigenvalue weighted by Gasteiger charge is -2.35. The SMILES string of the molecule is CCPC(C)(C)c1ccc(C2(O)CCC(O)CC2)cc1. The van der Waals surface area contributed by atoms with Crippen molar-refractivity contribution >= 4 is 8.58 Å². The second kappa shape index (κ2) is 6.13. The molecule has 2 rings (SSSR count). The first kappa shape index (κ1) is 15.9. The summed E-state index contributed by atoms with van der Waals surface area (Å²) in [5.41, 5.74) is 1.61. The molecule has 0 bridgehead atoms. The van der Waals surface area contributed by atoms with Gasteiger partial charge in [0.25, 0.3) is 0 Å². The zero-order chi connectivity index (χ0) is 14.8. The van der Waals surface area contributed by atoms with Gasteiger partial charge in [0.15, 0.2) is 0 Å². The predicted octanol–water partition coefficient (Wildman–Crippen LogP) is 3.74. The summed E-state index contributed by atoms with van der Waals surface area (Å²) in [5, 5.41) is 20.6. The van der Waals surface area contributed by atoms with Gasteiger partial charge in [0.1, 0.15) is 0 Å². The van der Waals surface area contributed by atoms with E-state index in [1.54, 1.807) is 0 Å². The van der Waals surface area contributed by atoms with Crippen molar-refractivity contribution in [3.63, 3.8) is 0 Å². The molecule has 1 saturated carbocycles. The molecule has 3 heteroatoms. The fourth-order valence-corrected chi connectivity index (χ4v) is 4.36. The summed E-state index contributed by atoms with van der Waals surface area (Å²) >= 11 is 0. The van der Waals surface area contributed by atoms with E-state index < -0.39 is 5.60 Å². The molecule has 1 fully saturated rings. The molecule has 0 heterocycles. The van der Waals surface area contributed by atoms with Crippen molar-refractivity contribution in [1.82, 2.24) is 0 Å². The van der Waals surface area contributed by atoms with Gasteiger partial charge in [0.2, 0.25) is 0 Å². The van der Waals surface area contributed by atoms with Crippen LogP contribution < -0.4 is 0 Å². The lowest BCUT2D eigenvalue weighted by molar-refractivity contribution is -0.0361. The van der Waals surface area contributed by atoms with Crippen molar-refractivity contribution in [2.75, 3.05) is 6.16 Å².